The Morgan fingerprint density at radius 3 is 2.07 bits per heavy atom. The lowest BCUT2D eigenvalue weighted by Crippen LogP contribution is -2.29. The fourth-order valence-corrected chi connectivity index (χ4v) is 5.70. The first kappa shape index (κ1) is 28.3. The van der Waals surface area contributed by atoms with E-state index >= 15 is 0 Å². The summed E-state index contributed by atoms with van der Waals surface area (Å²) >= 11 is 6.84. The van der Waals surface area contributed by atoms with Gasteiger partial charge in [0.2, 0.25) is 0 Å². The second-order valence-corrected chi connectivity index (χ2v) is 10.7. The van der Waals surface area contributed by atoms with Gasteiger partial charge in [-0.25, -0.2) is 4.79 Å². The Morgan fingerprint density at radius 2 is 1.51 bits per heavy atom. The standard InChI is InChI=1S/C32H25Br2N3O4/c1-3-36-30(38)28(41-32(36)35-29-26(31(39)40-2)19-22(33)20-27(29)34)18-21-14-16-25(17-15-21)37(23-10-6-4-7-11-23)24-12-8-5-9-13-24/h4-20H,3H2,1-2H3/b28-18+,35-32+. The molecule has 1 aliphatic rings. The number of rotatable bonds is 7. The third-order valence-electron chi connectivity index (χ3n) is 6.32. The van der Waals surface area contributed by atoms with Crippen LogP contribution in [0.25, 0.3) is 6.08 Å². The highest BCUT2D eigenvalue weighted by Crippen LogP contribution is 2.36. The maximum absolute atomic E-state index is 13.2. The van der Waals surface area contributed by atoms with Crippen LogP contribution >= 0.6 is 31.9 Å². The van der Waals surface area contributed by atoms with E-state index in [-0.39, 0.29) is 23.3 Å². The van der Waals surface area contributed by atoms with E-state index in [0.717, 1.165) is 22.6 Å². The van der Waals surface area contributed by atoms with Crippen LogP contribution in [0.4, 0.5) is 22.7 Å². The summed E-state index contributed by atoms with van der Waals surface area (Å²) in [5.74, 6) is -0.748. The molecule has 4 aromatic carbocycles. The molecule has 7 nitrogen and oxygen atoms in total. The minimum atomic E-state index is -0.561. The molecular formula is C32H25Br2N3O4. The Morgan fingerprint density at radius 1 is 0.927 bits per heavy atom. The zero-order valence-corrected chi connectivity index (χ0v) is 25.4. The smallest absolute Gasteiger partial charge is 0.340 e. The number of carbonyl (C=O) groups excluding carboxylic acids is 2. The van der Waals surface area contributed by atoms with Crippen molar-refractivity contribution in [2.45, 2.75) is 6.92 Å². The van der Waals surface area contributed by atoms with Crippen LogP contribution in [0.1, 0.15) is 22.8 Å². The second-order valence-electron chi connectivity index (χ2n) is 8.93. The highest BCUT2D eigenvalue weighted by molar-refractivity contribution is 9.11. The van der Waals surface area contributed by atoms with E-state index in [1.54, 1.807) is 18.2 Å². The average Bonchev–Trinajstić information content (AvgIpc) is 3.29. The molecule has 1 heterocycles. The number of hydrogen-bond donors (Lipinski definition) is 0. The van der Waals surface area contributed by atoms with Gasteiger partial charge in [0.25, 0.3) is 5.91 Å². The fourth-order valence-electron chi connectivity index (χ4n) is 4.38. The monoisotopic (exact) mass is 673 g/mol. The van der Waals surface area contributed by atoms with Crippen molar-refractivity contribution in [3.63, 3.8) is 0 Å². The van der Waals surface area contributed by atoms with Crippen molar-refractivity contribution < 1.29 is 19.1 Å². The van der Waals surface area contributed by atoms with Crippen molar-refractivity contribution in [1.82, 2.24) is 4.90 Å². The number of nitrogens with zero attached hydrogens (tertiary/aromatic N) is 3. The lowest BCUT2D eigenvalue weighted by molar-refractivity contribution is -0.122. The number of benzene rings is 4. The summed E-state index contributed by atoms with van der Waals surface area (Å²) < 4.78 is 12.1. The minimum Gasteiger partial charge on any atom is -0.465 e. The molecule has 0 atom stereocenters. The molecule has 1 amide bonds. The Hall–Kier alpha value is -4.21. The Balaban J connectivity index is 1.47. The maximum atomic E-state index is 13.2. The van der Waals surface area contributed by atoms with Crippen LogP contribution in [0.5, 0.6) is 0 Å². The lowest BCUT2D eigenvalue weighted by atomic mass is 10.1. The minimum absolute atomic E-state index is 0.0767. The molecule has 0 aromatic heterocycles. The number of para-hydroxylation sites is 2. The van der Waals surface area contributed by atoms with Gasteiger partial charge in [0.05, 0.1) is 18.4 Å². The molecule has 0 aliphatic carbocycles. The van der Waals surface area contributed by atoms with Gasteiger partial charge < -0.3 is 14.4 Å². The molecule has 9 heteroatoms. The predicted octanol–water partition coefficient (Wildman–Crippen LogP) is 8.38. The number of hydrogen-bond acceptors (Lipinski definition) is 6. The van der Waals surface area contributed by atoms with E-state index in [1.807, 2.05) is 67.6 Å². The van der Waals surface area contributed by atoms with Crippen molar-refractivity contribution in [3.05, 3.63) is 123 Å². The van der Waals surface area contributed by atoms with E-state index in [4.69, 9.17) is 9.47 Å². The Bertz CT molecular complexity index is 1600. The van der Waals surface area contributed by atoms with Crippen molar-refractivity contribution >= 4 is 78.6 Å². The molecule has 0 radical (unpaired) electrons. The van der Waals surface area contributed by atoms with Crippen molar-refractivity contribution in [2.24, 2.45) is 4.99 Å². The molecule has 4 aromatic rings. The van der Waals surface area contributed by atoms with Crippen LogP contribution in [0.2, 0.25) is 0 Å². The normalized spacial score (nSPS) is 14.8. The van der Waals surface area contributed by atoms with Crippen LogP contribution in [-0.4, -0.2) is 36.5 Å². The number of likely N-dealkylation sites (N-methyl/N-ethyl adjacent to an activating group) is 1. The van der Waals surface area contributed by atoms with Gasteiger partial charge in [0.15, 0.2) is 5.76 Å². The zero-order chi connectivity index (χ0) is 28.9. The molecule has 1 fully saturated rings. The third kappa shape index (κ3) is 6.11. The van der Waals surface area contributed by atoms with Crippen LogP contribution in [0.3, 0.4) is 0 Å². The quantitative estimate of drug-likeness (QED) is 0.146. The summed E-state index contributed by atoms with van der Waals surface area (Å²) in [5, 5.41) is 0. The number of carbonyl (C=O) groups is 2. The van der Waals surface area contributed by atoms with E-state index in [1.165, 1.54) is 12.0 Å². The van der Waals surface area contributed by atoms with Crippen LogP contribution < -0.4 is 4.90 Å². The van der Waals surface area contributed by atoms with Gasteiger partial charge in [-0.1, -0.05) is 64.5 Å². The van der Waals surface area contributed by atoms with Gasteiger partial charge in [0.1, 0.15) is 0 Å². The zero-order valence-electron chi connectivity index (χ0n) is 22.3. The third-order valence-corrected chi connectivity index (χ3v) is 7.39. The summed E-state index contributed by atoms with van der Waals surface area (Å²) in [6.45, 7) is 2.16. The highest BCUT2D eigenvalue weighted by Gasteiger charge is 2.34. The number of amides is 1. The van der Waals surface area contributed by atoms with E-state index in [2.05, 4.69) is 66.0 Å². The second kappa shape index (κ2) is 12.5. The van der Waals surface area contributed by atoms with Crippen LogP contribution in [0, 0.1) is 0 Å². The molecule has 0 saturated carbocycles. The molecule has 0 unspecified atom stereocenters. The van der Waals surface area contributed by atoms with Crippen molar-refractivity contribution in [2.75, 3.05) is 18.6 Å². The van der Waals surface area contributed by atoms with Crippen LogP contribution in [0.15, 0.2) is 117 Å². The molecular weight excluding hydrogens is 650 g/mol. The summed E-state index contributed by atoms with van der Waals surface area (Å²) in [6, 6.07) is 31.5. The Labute approximate surface area is 255 Å². The van der Waals surface area contributed by atoms with Crippen molar-refractivity contribution in [3.8, 4) is 0 Å². The molecule has 1 saturated heterocycles. The largest absolute Gasteiger partial charge is 0.465 e. The lowest BCUT2D eigenvalue weighted by Gasteiger charge is -2.25. The van der Waals surface area contributed by atoms with Gasteiger partial charge in [-0.3, -0.25) is 9.69 Å². The predicted molar refractivity (Wildman–Crippen MR) is 168 cm³/mol. The van der Waals surface area contributed by atoms with E-state index < -0.39 is 5.97 Å². The SMILES string of the molecule is CCN1C(=O)/C(=C\c2ccc(N(c3ccccc3)c3ccccc3)cc2)O/C1=N/c1c(Br)cc(Br)cc1C(=O)OC. The average molecular weight is 675 g/mol. The van der Waals surface area contributed by atoms with Crippen LogP contribution in [-0.2, 0) is 14.3 Å². The number of amidine groups is 1. The number of esters is 1. The number of ether oxygens (including phenoxy) is 2. The highest BCUT2D eigenvalue weighted by atomic mass is 79.9. The van der Waals surface area contributed by atoms with E-state index in [9.17, 15) is 9.59 Å². The molecule has 1 aliphatic heterocycles. The molecule has 0 spiro atoms. The summed E-state index contributed by atoms with van der Waals surface area (Å²) in [7, 11) is 1.30. The van der Waals surface area contributed by atoms with Gasteiger partial charge >= 0.3 is 12.0 Å². The Kier molecular flexibility index (Phi) is 8.66. The fraction of sp³-hybridized carbons (Fsp3) is 0.0938. The first-order valence-electron chi connectivity index (χ1n) is 12.8. The van der Waals surface area contributed by atoms with Gasteiger partial charge in [-0.15, -0.1) is 0 Å². The van der Waals surface area contributed by atoms with Gasteiger partial charge in [-0.05, 0) is 83.0 Å². The molecule has 41 heavy (non-hydrogen) atoms. The number of halogens is 2. The van der Waals surface area contributed by atoms with E-state index in [0.29, 0.717) is 21.2 Å². The summed E-state index contributed by atoms with van der Waals surface area (Å²) in [4.78, 5) is 33.8. The summed E-state index contributed by atoms with van der Waals surface area (Å²) in [6.07, 6.45) is 1.69. The number of methoxy groups -OCH3 is 1. The van der Waals surface area contributed by atoms with Gasteiger partial charge in [-0.2, -0.15) is 4.99 Å². The van der Waals surface area contributed by atoms with Crippen molar-refractivity contribution in [1.29, 1.82) is 0 Å². The summed E-state index contributed by atoms with van der Waals surface area (Å²) in [5.41, 5.74) is 4.34. The topological polar surface area (TPSA) is 71.4 Å². The first-order valence-corrected chi connectivity index (χ1v) is 14.4. The number of anilines is 3. The molecule has 206 valence electrons. The molecule has 0 N–H and O–H groups in total. The molecule has 0 bridgehead atoms. The first-order chi connectivity index (χ1) is 19.9. The molecule has 5 rings (SSSR count). The van der Waals surface area contributed by atoms with Gasteiger partial charge in [0, 0.05) is 32.6 Å². The maximum Gasteiger partial charge on any atom is 0.340 e. The number of aliphatic imine (C=N–C) groups is 1.